The van der Waals surface area contributed by atoms with E-state index in [-0.39, 0.29) is 0 Å². The van der Waals surface area contributed by atoms with Crippen molar-refractivity contribution in [2.45, 2.75) is 77.2 Å². The Morgan fingerprint density at radius 1 is 0.839 bits per heavy atom. The Morgan fingerprint density at radius 3 is 2.00 bits per heavy atom. The molecule has 0 saturated heterocycles. The molecule has 8 heteroatoms. The molecule has 0 rings (SSSR count). The van der Waals surface area contributed by atoms with Gasteiger partial charge in [-0.2, -0.15) is 0 Å². The molecule has 3 N–H and O–H groups in total. The molecule has 0 fully saturated rings. The van der Waals surface area contributed by atoms with E-state index in [0.717, 1.165) is 6.42 Å². The number of aliphatic hydroxyl groups excluding tert-OH is 1. The molecular formula is C23H39O7P. The molecule has 178 valence electrons. The Labute approximate surface area is 186 Å². The monoisotopic (exact) mass is 458 g/mol. The van der Waals surface area contributed by atoms with E-state index < -0.39 is 33.1 Å². The van der Waals surface area contributed by atoms with E-state index in [2.05, 4.69) is 17.5 Å². The highest BCUT2D eigenvalue weighted by Crippen LogP contribution is 2.35. The summed E-state index contributed by atoms with van der Waals surface area (Å²) in [6.45, 7) is 1.20. The van der Waals surface area contributed by atoms with Crippen LogP contribution < -0.4 is 0 Å². The number of esters is 1. The topological polar surface area (TPSA) is 113 Å². The first-order valence-electron chi connectivity index (χ1n) is 11.1. The first kappa shape index (κ1) is 29.5. The van der Waals surface area contributed by atoms with Crippen molar-refractivity contribution in [1.29, 1.82) is 0 Å². The lowest BCUT2D eigenvalue weighted by Crippen LogP contribution is -2.22. The van der Waals surface area contributed by atoms with Gasteiger partial charge in [-0.1, -0.05) is 101 Å². The second kappa shape index (κ2) is 20.4. The van der Waals surface area contributed by atoms with Crippen LogP contribution in [0.15, 0.2) is 48.6 Å². The SMILES string of the molecule is CCCCCCCCCCCC=CC=CC=CC=CC(=O)OCC(O)COP(=O)(O)O. The average Bonchev–Trinajstić information content (AvgIpc) is 2.72. The maximum absolute atomic E-state index is 11.4. The molecule has 0 aromatic carbocycles. The summed E-state index contributed by atoms with van der Waals surface area (Å²) in [6, 6.07) is 0. The van der Waals surface area contributed by atoms with Crippen molar-refractivity contribution in [2.24, 2.45) is 0 Å². The van der Waals surface area contributed by atoms with Crippen molar-refractivity contribution in [2.75, 3.05) is 13.2 Å². The standard InChI is InChI=1S/C23H39O7P/c1-2-3-4-5-6-7-8-9-10-11-12-13-14-15-16-17-18-19-23(25)29-20-22(24)21-30-31(26,27)28/h12-19,22,24H,2-11,20-21H2,1H3,(H2,26,27,28). The van der Waals surface area contributed by atoms with Gasteiger partial charge >= 0.3 is 13.8 Å². The van der Waals surface area contributed by atoms with Crippen molar-refractivity contribution < 1.29 is 33.5 Å². The number of aliphatic hydroxyl groups is 1. The zero-order valence-electron chi connectivity index (χ0n) is 18.6. The predicted molar refractivity (Wildman–Crippen MR) is 123 cm³/mol. The molecule has 0 aliphatic heterocycles. The molecule has 7 nitrogen and oxygen atoms in total. The first-order valence-corrected chi connectivity index (χ1v) is 12.6. The molecule has 0 radical (unpaired) electrons. The van der Waals surface area contributed by atoms with Crippen LogP contribution >= 0.6 is 7.82 Å². The summed E-state index contributed by atoms with van der Waals surface area (Å²) in [5.41, 5.74) is 0. The third-order valence-corrected chi connectivity index (χ3v) is 4.74. The normalized spacial score (nSPS) is 13.8. The lowest BCUT2D eigenvalue weighted by molar-refractivity contribution is -0.141. The molecule has 0 heterocycles. The number of ether oxygens (including phenoxy) is 1. The van der Waals surface area contributed by atoms with Gasteiger partial charge < -0.3 is 19.6 Å². The third kappa shape index (κ3) is 24.6. The van der Waals surface area contributed by atoms with Crippen LogP contribution in [-0.4, -0.2) is 40.2 Å². The van der Waals surface area contributed by atoms with Crippen molar-refractivity contribution in [3.05, 3.63) is 48.6 Å². The number of rotatable bonds is 19. The summed E-state index contributed by atoms with van der Waals surface area (Å²) >= 11 is 0. The summed E-state index contributed by atoms with van der Waals surface area (Å²) in [6.07, 6.45) is 25.8. The van der Waals surface area contributed by atoms with Gasteiger partial charge in [0.2, 0.25) is 0 Å². The van der Waals surface area contributed by atoms with Crippen molar-refractivity contribution in [1.82, 2.24) is 0 Å². The smallest absolute Gasteiger partial charge is 0.460 e. The Kier molecular flexibility index (Phi) is 19.4. The van der Waals surface area contributed by atoms with Crippen molar-refractivity contribution in [3.8, 4) is 0 Å². The van der Waals surface area contributed by atoms with Gasteiger partial charge in [-0.15, -0.1) is 0 Å². The number of allylic oxidation sites excluding steroid dienone is 7. The molecule has 0 bridgehead atoms. The highest BCUT2D eigenvalue weighted by atomic mass is 31.2. The second-order valence-corrected chi connectivity index (χ2v) is 8.48. The summed E-state index contributed by atoms with van der Waals surface area (Å²) in [5, 5.41) is 9.38. The van der Waals surface area contributed by atoms with Gasteiger partial charge in [-0.25, -0.2) is 9.36 Å². The van der Waals surface area contributed by atoms with Crippen LogP contribution in [0.25, 0.3) is 0 Å². The fourth-order valence-electron chi connectivity index (χ4n) is 2.60. The van der Waals surface area contributed by atoms with E-state index in [1.807, 2.05) is 18.2 Å². The second-order valence-electron chi connectivity index (χ2n) is 7.24. The van der Waals surface area contributed by atoms with Gasteiger partial charge in [0.05, 0.1) is 6.61 Å². The minimum atomic E-state index is -4.65. The number of carbonyl (C=O) groups excluding carboxylic acids is 1. The van der Waals surface area contributed by atoms with E-state index in [4.69, 9.17) is 14.5 Å². The molecule has 0 aromatic heterocycles. The van der Waals surface area contributed by atoms with Crippen LogP contribution in [0.2, 0.25) is 0 Å². The molecule has 0 saturated carbocycles. The van der Waals surface area contributed by atoms with Crippen LogP contribution in [-0.2, 0) is 18.6 Å². The Bertz CT molecular complexity index is 605. The third-order valence-electron chi connectivity index (χ3n) is 4.25. The summed E-state index contributed by atoms with van der Waals surface area (Å²) in [5.74, 6) is -0.676. The highest BCUT2D eigenvalue weighted by molar-refractivity contribution is 7.46. The van der Waals surface area contributed by atoms with Crippen LogP contribution in [0.4, 0.5) is 0 Å². The average molecular weight is 459 g/mol. The van der Waals surface area contributed by atoms with Crippen LogP contribution in [0.3, 0.4) is 0 Å². The molecule has 31 heavy (non-hydrogen) atoms. The van der Waals surface area contributed by atoms with Gasteiger partial charge in [0, 0.05) is 6.08 Å². The van der Waals surface area contributed by atoms with Crippen LogP contribution in [0.1, 0.15) is 71.1 Å². The molecule has 0 aliphatic carbocycles. The first-order chi connectivity index (χ1) is 14.8. The number of hydrogen-bond donors (Lipinski definition) is 3. The number of phosphoric ester groups is 1. The van der Waals surface area contributed by atoms with Crippen molar-refractivity contribution in [3.63, 3.8) is 0 Å². The zero-order valence-corrected chi connectivity index (χ0v) is 19.5. The number of phosphoric acid groups is 1. The van der Waals surface area contributed by atoms with E-state index in [9.17, 15) is 14.5 Å². The number of hydrogen-bond acceptors (Lipinski definition) is 5. The Hall–Kier alpha value is -1.50. The van der Waals surface area contributed by atoms with Crippen LogP contribution in [0, 0.1) is 0 Å². The zero-order chi connectivity index (χ0) is 23.2. The maximum Gasteiger partial charge on any atom is 0.469 e. The molecule has 1 unspecified atom stereocenters. The Balaban J connectivity index is 3.68. The highest BCUT2D eigenvalue weighted by Gasteiger charge is 2.17. The molecule has 1 atom stereocenters. The minimum absolute atomic E-state index is 0.420. The Morgan fingerprint density at radius 2 is 1.39 bits per heavy atom. The fourth-order valence-corrected chi connectivity index (χ4v) is 2.96. The van der Waals surface area contributed by atoms with Gasteiger partial charge in [-0.3, -0.25) is 4.52 Å². The quantitative estimate of drug-likeness (QED) is 0.0807. The molecular weight excluding hydrogens is 419 g/mol. The summed E-state index contributed by atoms with van der Waals surface area (Å²) in [4.78, 5) is 28.4. The van der Waals surface area contributed by atoms with E-state index in [1.54, 1.807) is 12.2 Å². The van der Waals surface area contributed by atoms with Gasteiger partial charge in [0.1, 0.15) is 12.7 Å². The minimum Gasteiger partial charge on any atom is -0.460 e. The lowest BCUT2D eigenvalue weighted by atomic mass is 10.1. The van der Waals surface area contributed by atoms with Gasteiger partial charge in [-0.05, 0) is 12.8 Å². The maximum atomic E-state index is 11.4. The largest absolute Gasteiger partial charge is 0.469 e. The molecule has 0 spiro atoms. The summed E-state index contributed by atoms with van der Waals surface area (Å²) < 4.78 is 19.3. The van der Waals surface area contributed by atoms with Crippen LogP contribution in [0.5, 0.6) is 0 Å². The van der Waals surface area contributed by atoms with Gasteiger partial charge in [0.15, 0.2) is 0 Å². The number of unbranched alkanes of at least 4 members (excludes halogenated alkanes) is 9. The fraction of sp³-hybridized carbons (Fsp3) is 0.609. The van der Waals surface area contributed by atoms with Gasteiger partial charge in [0.25, 0.3) is 0 Å². The number of carbonyl (C=O) groups is 1. The van der Waals surface area contributed by atoms with E-state index >= 15 is 0 Å². The van der Waals surface area contributed by atoms with E-state index in [0.29, 0.717) is 0 Å². The molecule has 0 amide bonds. The van der Waals surface area contributed by atoms with Crippen molar-refractivity contribution >= 4 is 13.8 Å². The summed E-state index contributed by atoms with van der Waals surface area (Å²) in [7, 11) is -4.65. The lowest BCUT2D eigenvalue weighted by Gasteiger charge is -2.11. The molecule has 0 aromatic rings. The van der Waals surface area contributed by atoms with E-state index in [1.165, 1.54) is 69.9 Å². The predicted octanol–water partition coefficient (Wildman–Crippen LogP) is 5.15. The molecule has 0 aliphatic rings.